The lowest BCUT2D eigenvalue weighted by Gasteiger charge is -2.13. The Hall–Kier alpha value is -0.790. The van der Waals surface area contributed by atoms with Gasteiger partial charge in [0, 0.05) is 0 Å². The van der Waals surface area contributed by atoms with Gasteiger partial charge in [0.1, 0.15) is 0 Å². The molecule has 0 aromatic heterocycles. The summed E-state index contributed by atoms with van der Waals surface area (Å²) in [6.07, 6.45) is 8.20. The van der Waals surface area contributed by atoms with E-state index in [1.807, 2.05) is 6.92 Å². The Morgan fingerprint density at radius 1 is 1.25 bits per heavy atom. The molecule has 0 amide bonds. The molecule has 0 aliphatic heterocycles. The van der Waals surface area contributed by atoms with Crippen molar-refractivity contribution in [2.75, 3.05) is 0 Å². The number of esters is 1. The molecule has 3 atom stereocenters. The van der Waals surface area contributed by atoms with Crippen molar-refractivity contribution >= 4 is 5.97 Å². The third kappa shape index (κ3) is 4.64. The second-order valence-electron chi connectivity index (χ2n) is 7.17. The van der Waals surface area contributed by atoms with Crippen molar-refractivity contribution in [2.45, 2.75) is 79.8 Å². The Balaban J connectivity index is 2.38. The molecule has 0 radical (unpaired) electrons. The van der Waals surface area contributed by atoms with E-state index >= 15 is 0 Å². The first kappa shape index (κ1) is 17.3. The minimum absolute atomic E-state index is 0.000455. The molecule has 1 fully saturated rings. The SMILES string of the molecule is CCCCCCC(C)OC(=O)C1C(C=C(C)C)C1(C)C. The summed E-state index contributed by atoms with van der Waals surface area (Å²) in [5.74, 6) is 0.406. The molecule has 0 aromatic rings. The highest BCUT2D eigenvalue weighted by Crippen LogP contribution is 2.59. The van der Waals surface area contributed by atoms with Gasteiger partial charge in [0.15, 0.2) is 0 Å². The van der Waals surface area contributed by atoms with Crippen molar-refractivity contribution in [3.8, 4) is 0 Å². The van der Waals surface area contributed by atoms with Crippen LogP contribution in [-0.4, -0.2) is 12.1 Å². The van der Waals surface area contributed by atoms with Gasteiger partial charge in [-0.15, -0.1) is 0 Å². The highest BCUT2D eigenvalue weighted by molar-refractivity contribution is 5.78. The number of ether oxygens (including phenoxy) is 1. The summed E-state index contributed by atoms with van der Waals surface area (Å²) >= 11 is 0. The largest absolute Gasteiger partial charge is 0.462 e. The van der Waals surface area contributed by atoms with Gasteiger partial charge >= 0.3 is 5.97 Å². The van der Waals surface area contributed by atoms with Crippen LogP contribution in [0.5, 0.6) is 0 Å². The fourth-order valence-corrected chi connectivity index (χ4v) is 2.99. The molecular weight excluding hydrogens is 248 g/mol. The third-order valence-corrected chi connectivity index (χ3v) is 4.46. The Bertz CT molecular complexity index is 350. The summed E-state index contributed by atoms with van der Waals surface area (Å²) in [5, 5.41) is 0. The number of unbranched alkanes of at least 4 members (excludes halogenated alkanes) is 3. The van der Waals surface area contributed by atoms with Gasteiger partial charge in [0.05, 0.1) is 12.0 Å². The zero-order valence-electron chi connectivity index (χ0n) is 14.2. The van der Waals surface area contributed by atoms with Crippen LogP contribution < -0.4 is 0 Å². The smallest absolute Gasteiger partial charge is 0.310 e. The molecule has 2 nitrogen and oxygen atoms in total. The van der Waals surface area contributed by atoms with Crippen molar-refractivity contribution in [1.29, 1.82) is 0 Å². The maximum atomic E-state index is 12.3. The first-order valence-electron chi connectivity index (χ1n) is 8.16. The molecule has 20 heavy (non-hydrogen) atoms. The lowest BCUT2D eigenvalue weighted by molar-refractivity contribution is -0.151. The zero-order chi connectivity index (χ0) is 15.3. The zero-order valence-corrected chi connectivity index (χ0v) is 14.2. The van der Waals surface area contributed by atoms with Gasteiger partial charge in [-0.25, -0.2) is 0 Å². The fraction of sp³-hybridized carbons (Fsp3) is 0.833. The number of hydrogen-bond acceptors (Lipinski definition) is 2. The Kier molecular flexibility index (Phi) is 6.29. The van der Waals surface area contributed by atoms with Gasteiger partial charge in [-0.3, -0.25) is 4.79 Å². The molecule has 1 saturated carbocycles. The van der Waals surface area contributed by atoms with Crippen molar-refractivity contribution < 1.29 is 9.53 Å². The lowest BCUT2D eigenvalue weighted by atomic mass is 10.1. The highest BCUT2D eigenvalue weighted by Gasteiger charge is 2.61. The van der Waals surface area contributed by atoms with Crippen LogP contribution in [0.1, 0.15) is 73.6 Å². The number of rotatable bonds is 8. The molecule has 1 rings (SSSR count). The molecule has 2 heteroatoms. The first-order valence-corrected chi connectivity index (χ1v) is 8.16. The second-order valence-corrected chi connectivity index (χ2v) is 7.17. The maximum Gasteiger partial charge on any atom is 0.310 e. The second kappa shape index (κ2) is 7.28. The summed E-state index contributed by atoms with van der Waals surface area (Å²) in [5.41, 5.74) is 1.35. The van der Waals surface area contributed by atoms with Crippen LogP contribution in [0.25, 0.3) is 0 Å². The first-order chi connectivity index (χ1) is 9.30. The summed E-state index contributed by atoms with van der Waals surface area (Å²) in [4.78, 5) is 12.3. The molecular formula is C18H32O2. The van der Waals surface area contributed by atoms with Gasteiger partial charge in [-0.2, -0.15) is 0 Å². The van der Waals surface area contributed by atoms with E-state index in [4.69, 9.17) is 4.74 Å². The van der Waals surface area contributed by atoms with Gasteiger partial charge in [-0.05, 0) is 44.9 Å². The van der Waals surface area contributed by atoms with Crippen LogP contribution in [0.15, 0.2) is 11.6 Å². The number of carbonyl (C=O) groups excluding carboxylic acids is 1. The van der Waals surface area contributed by atoms with E-state index in [0.29, 0.717) is 5.92 Å². The minimum atomic E-state index is 0.000455. The summed E-state index contributed by atoms with van der Waals surface area (Å²) < 4.78 is 5.63. The fourth-order valence-electron chi connectivity index (χ4n) is 2.99. The van der Waals surface area contributed by atoms with Gasteiger partial charge in [-0.1, -0.05) is 51.7 Å². The van der Waals surface area contributed by atoms with Gasteiger partial charge < -0.3 is 4.74 Å². The Labute approximate surface area is 125 Å². The van der Waals surface area contributed by atoms with E-state index < -0.39 is 0 Å². The molecule has 0 bridgehead atoms. The molecule has 1 aliphatic carbocycles. The van der Waals surface area contributed by atoms with Crippen LogP contribution in [0.2, 0.25) is 0 Å². The average molecular weight is 280 g/mol. The summed E-state index contributed by atoms with van der Waals surface area (Å²) in [6, 6.07) is 0. The van der Waals surface area contributed by atoms with Crippen LogP contribution in [-0.2, 0) is 9.53 Å². The number of carbonyl (C=O) groups is 1. The highest BCUT2D eigenvalue weighted by atomic mass is 16.5. The van der Waals surface area contributed by atoms with Crippen molar-refractivity contribution in [3.63, 3.8) is 0 Å². The minimum Gasteiger partial charge on any atom is -0.462 e. The van der Waals surface area contributed by atoms with E-state index in [1.54, 1.807) is 0 Å². The maximum absolute atomic E-state index is 12.3. The van der Waals surface area contributed by atoms with E-state index in [9.17, 15) is 4.79 Å². The molecule has 0 saturated heterocycles. The van der Waals surface area contributed by atoms with Crippen molar-refractivity contribution in [3.05, 3.63) is 11.6 Å². The molecule has 1 aliphatic rings. The van der Waals surface area contributed by atoms with Gasteiger partial charge in [0.25, 0.3) is 0 Å². The third-order valence-electron chi connectivity index (χ3n) is 4.46. The molecule has 0 heterocycles. The normalized spacial score (nSPS) is 24.9. The van der Waals surface area contributed by atoms with Crippen molar-refractivity contribution in [1.82, 2.24) is 0 Å². The van der Waals surface area contributed by atoms with E-state index in [-0.39, 0.29) is 23.4 Å². The molecule has 116 valence electrons. The Morgan fingerprint density at radius 2 is 1.90 bits per heavy atom. The molecule has 0 N–H and O–H groups in total. The number of allylic oxidation sites excluding steroid dienone is 2. The molecule has 0 aromatic carbocycles. The molecule has 3 unspecified atom stereocenters. The van der Waals surface area contributed by atoms with Crippen LogP contribution in [0.4, 0.5) is 0 Å². The standard InChI is InChI=1S/C18H32O2/c1-7-8-9-10-11-14(4)20-17(19)16-15(12-13(2)3)18(16,5)6/h12,14-16H,7-11H2,1-6H3. The van der Waals surface area contributed by atoms with E-state index in [1.165, 1.54) is 24.8 Å². The predicted molar refractivity (Wildman–Crippen MR) is 84.5 cm³/mol. The van der Waals surface area contributed by atoms with Crippen molar-refractivity contribution in [2.24, 2.45) is 17.3 Å². The van der Waals surface area contributed by atoms with E-state index in [2.05, 4.69) is 40.7 Å². The van der Waals surface area contributed by atoms with Gasteiger partial charge in [0.2, 0.25) is 0 Å². The molecule has 0 spiro atoms. The predicted octanol–water partition coefficient (Wildman–Crippen LogP) is 5.13. The lowest BCUT2D eigenvalue weighted by Crippen LogP contribution is -2.18. The average Bonchev–Trinajstić information content (AvgIpc) is 2.85. The monoisotopic (exact) mass is 280 g/mol. The number of hydrogen-bond donors (Lipinski definition) is 0. The Morgan fingerprint density at radius 3 is 2.45 bits per heavy atom. The van der Waals surface area contributed by atoms with Crippen LogP contribution in [0, 0.1) is 17.3 Å². The topological polar surface area (TPSA) is 26.3 Å². The quantitative estimate of drug-likeness (QED) is 0.350. The van der Waals surface area contributed by atoms with E-state index in [0.717, 1.165) is 12.8 Å². The summed E-state index contributed by atoms with van der Waals surface area (Å²) in [7, 11) is 0. The van der Waals surface area contributed by atoms with Crippen LogP contribution >= 0.6 is 0 Å². The summed E-state index contributed by atoms with van der Waals surface area (Å²) in [6.45, 7) is 12.7. The van der Waals surface area contributed by atoms with Crippen LogP contribution in [0.3, 0.4) is 0 Å².